The van der Waals surface area contributed by atoms with Gasteiger partial charge in [-0.1, -0.05) is 41.5 Å². The Bertz CT molecular complexity index is 517. The van der Waals surface area contributed by atoms with Gasteiger partial charge >= 0.3 is 5.97 Å². The molecule has 1 aromatic rings. The molecule has 1 aromatic carbocycles. The van der Waals surface area contributed by atoms with Gasteiger partial charge in [0.2, 0.25) is 0 Å². The molecule has 0 aliphatic rings. The van der Waals surface area contributed by atoms with E-state index in [9.17, 15) is 15.2 Å². The predicted molar refractivity (Wildman–Crippen MR) is 75.5 cm³/mol. The van der Waals surface area contributed by atoms with E-state index in [1.165, 1.54) is 0 Å². The van der Waals surface area contributed by atoms with Gasteiger partial charge in [0.1, 0.15) is 0 Å². The first-order valence-electron chi connectivity index (χ1n) is 6.31. The van der Waals surface area contributed by atoms with Gasteiger partial charge in [-0.2, -0.15) is 5.26 Å². The minimum atomic E-state index is -0.958. The van der Waals surface area contributed by atoms with Gasteiger partial charge in [-0.3, -0.25) is 0 Å². The zero-order chi connectivity index (χ0) is 15.0. The van der Waals surface area contributed by atoms with E-state index >= 15 is 0 Å². The fraction of sp³-hybridized carbons (Fsp3) is 0.500. The molecule has 1 rings (SSSR count). The van der Waals surface area contributed by atoms with Crippen molar-refractivity contribution in [2.24, 2.45) is 0 Å². The highest BCUT2D eigenvalue weighted by Gasteiger charge is 2.27. The lowest BCUT2D eigenvalue weighted by atomic mass is 9.75. The Balaban J connectivity index is 3.79. The molecule has 0 bridgehead atoms. The average molecular weight is 259 g/mol. The second-order valence-corrected chi connectivity index (χ2v) is 6.86. The van der Waals surface area contributed by atoms with Crippen molar-refractivity contribution in [1.29, 1.82) is 5.26 Å². The highest BCUT2D eigenvalue weighted by molar-refractivity contribution is 5.88. The number of hydrogen-bond donors (Lipinski definition) is 1. The van der Waals surface area contributed by atoms with Crippen molar-refractivity contribution in [3.8, 4) is 6.07 Å². The molecule has 0 saturated heterocycles. The number of nitrogens with zero attached hydrogens (tertiary/aromatic N) is 1. The van der Waals surface area contributed by atoms with Crippen LogP contribution in [0.4, 0.5) is 0 Å². The van der Waals surface area contributed by atoms with Crippen LogP contribution in [0.15, 0.2) is 12.1 Å². The predicted octanol–water partition coefficient (Wildman–Crippen LogP) is 3.85. The zero-order valence-corrected chi connectivity index (χ0v) is 12.5. The Morgan fingerprint density at radius 3 is 1.63 bits per heavy atom. The summed E-state index contributed by atoms with van der Waals surface area (Å²) >= 11 is 0. The Kier molecular flexibility index (Phi) is 3.77. The summed E-state index contributed by atoms with van der Waals surface area (Å²) in [6.45, 7) is 11.9. The van der Waals surface area contributed by atoms with Crippen molar-refractivity contribution in [3.63, 3.8) is 0 Å². The molecule has 0 aliphatic carbocycles. The number of carbonyl (C=O) groups is 1. The van der Waals surface area contributed by atoms with Crippen LogP contribution in [0.5, 0.6) is 0 Å². The molecule has 0 spiro atoms. The first-order chi connectivity index (χ1) is 8.48. The summed E-state index contributed by atoms with van der Waals surface area (Å²) < 4.78 is 0. The molecule has 0 radical (unpaired) electrons. The Morgan fingerprint density at radius 1 is 1.05 bits per heavy atom. The Labute approximate surface area is 114 Å². The summed E-state index contributed by atoms with van der Waals surface area (Å²) in [7, 11) is 0. The van der Waals surface area contributed by atoms with Crippen LogP contribution in [0.2, 0.25) is 0 Å². The molecule has 0 aliphatic heterocycles. The molecule has 0 saturated carbocycles. The molecule has 1 N–H and O–H groups in total. The minimum Gasteiger partial charge on any atom is -0.478 e. The van der Waals surface area contributed by atoms with E-state index in [4.69, 9.17) is 0 Å². The van der Waals surface area contributed by atoms with Gasteiger partial charge in [-0.15, -0.1) is 0 Å². The van der Waals surface area contributed by atoms with Gasteiger partial charge < -0.3 is 5.11 Å². The Hall–Kier alpha value is -1.82. The van der Waals surface area contributed by atoms with Crippen molar-refractivity contribution in [2.45, 2.75) is 52.4 Å². The van der Waals surface area contributed by atoms with E-state index in [1.807, 2.05) is 41.5 Å². The lowest BCUT2D eigenvalue weighted by molar-refractivity contribution is 0.0696. The summed E-state index contributed by atoms with van der Waals surface area (Å²) in [6, 6.07) is 5.49. The van der Waals surface area contributed by atoms with E-state index in [2.05, 4.69) is 6.07 Å². The van der Waals surface area contributed by atoms with Crippen LogP contribution in [-0.2, 0) is 10.8 Å². The first kappa shape index (κ1) is 15.2. The molecule has 0 atom stereocenters. The molecule has 0 amide bonds. The van der Waals surface area contributed by atoms with Crippen molar-refractivity contribution >= 4 is 5.97 Å². The number of carboxylic acid groups (broad SMARTS) is 1. The van der Waals surface area contributed by atoms with Crippen LogP contribution in [0, 0.1) is 11.3 Å². The lowest BCUT2D eigenvalue weighted by Gasteiger charge is -2.27. The van der Waals surface area contributed by atoms with Crippen LogP contribution < -0.4 is 0 Å². The normalized spacial score (nSPS) is 12.1. The number of benzene rings is 1. The standard InChI is InChI=1S/C16H21NO2/c1-15(2,3)12-7-10(14(18)19)8-13(11(12)9-17)16(4,5)6/h7-8H,1-6H3,(H,18,19). The van der Waals surface area contributed by atoms with Crippen LogP contribution in [0.3, 0.4) is 0 Å². The molecule has 3 nitrogen and oxygen atoms in total. The Morgan fingerprint density at radius 2 is 1.42 bits per heavy atom. The van der Waals surface area contributed by atoms with Crippen LogP contribution in [0.25, 0.3) is 0 Å². The maximum Gasteiger partial charge on any atom is 0.335 e. The highest BCUT2D eigenvalue weighted by atomic mass is 16.4. The molecular weight excluding hydrogens is 238 g/mol. The fourth-order valence-electron chi connectivity index (χ4n) is 2.07. The second-order valence-electron chi connectivity index (χ2n) is 6.86. The zero-order valence-electron chi connectivity index (χ0n) is 12.5. The first-order valence-corrected chi connectivity index (χ1v) is 6.31. The average Bonchev–Trinajstić information content (AvgIpc) is 2.24. The highest BCUT2D eigenvalue weighted by Crippen LogP contribution is 2.34. The third kappa shape index (κ3) is 3.14. The van der Waals surface area contributed by atoms with Crippen LogP contribution in [-0.4, -0.2) is 11.1 Å². The smallest absolute Gasteiger partial charge is 0.335 e. The maximum atomic E-state index is 11.3. The van der Waals surface area contributed by atoms with Gasteiger partial charge in [-0.25, -0.2) is 4.79 Å². The molecule has 102 valence electrons. The van der Waals surface area contributed by atoms with Gasteiger partial charge in [0.05, 0.1) is 17.2 Å². The van der Waals surface area contributed by atoms with Gasteiger partial charge in [0.25, 0.3) is 0 Å². The molecule has 0 heterocycles. The summed E-state index contributed by atoms with van der Waals surface area (Å²) in [4.78, 5) is 11.3. The number of nitriles is 1. The van der Waals surface area contributed by atoms with Gasteiger partial charge in [0, 0.05) is 0 Å². The number of aromatic carboxylic acids is 1. The fourth-order valence-corrected chi connectivity index (χ4v) is 2.07. The van der Waals surface area contributed by atoms with Crippen LogP contribution in [0.1, 0.15) is 68.6 Å². The second kappa shape index (κ2) is 4.70. The SMILES string of the molecule is CC(C)(C)c1cc(C(=O)O)cc(C(C)(C)C)c1C#N. The number of rotatable bonds is 1. The van der Waals surface area contributed by atoms with Crippen molar-refractivity contribution in [3.05, 3.63) is 34.4 Å². The third-order valence-electron chi connectivity index (χ3n) is 3.11. The lowest BCUT2D eigenvalue weighted by Crippen LogP contribution is -2.21. The summed E-state index contributed by atoms with van der Waals surface area (Å²) in [5, 5.41) is 18.7. The maximum absolute atomic E-state index is 11.3. The number of carboxylic acids is 1. The molecule has 0 aromatic heterocycles. The molecular formula is C16H21NO2. The topological polar surface area (TPSA) is 61.1 Å². The molecule has 19 heavy (non-hydrogen) atoms. The third-order valence-corrected chi connectivity index (χ3v) is 3.11. The minimum absolute atomic E-state index is 0.244. The quantitative estimate of drug-likeness (QED) is 0.833. The van der Waals surface area contributed by atoms with Crippen LogP contribution >= 0.6 is 0 Å². The summed E-state index contributed by atoms with van der Waals surface area (Å²) in [5.74, 6) is -0.958. The monoisotopic (exact) mass is 259 g/mol. The number of hydrogen-bond acceptors (Lipinski definition) is 2. The summed E-state index contributed by atoms with van der Waals surface area (Å²) in [6.07, 6.45) is 0. The van der Waals surface area contributed by atoms with E-state index in [0.29, 0.717) is 5.56 Å². The van der Waals surface area contributed by atoms with Crippen molar-refractivity contribution in [2.75, 3.05) is 0 Å². The van der Waals surface area contributed by atoms with E-state index < -0.39 is 5.97 Å². The molecule has 0 fully saturated rings. The van der Waals surface area contributed by atoms with E-state index in [1.54, 1.807) is 12.1 Å². The van der Waals surface area contributed by atoms with E-state index in [-0.39, 0.29) is 16.4 Å². The van der Waals surface area contributed by atoms with E-state index in [0.717, 1.165) is 11.1 Å². The molecule has 0 unspecified atom stereocenters. The molecule has 3 heteroatoms. The van der Waals surface area contributed by atoms with Gasteiger partial charge in [0.15, 0.2) is 0 Å². The largest absolute Gasteiger partial charge is 0.478 e. The van der Waals surface area contributed by atoms with Gasteiger partial charge in [-0.05, 0) is 34.1 Å². The van der Waals surface area contributed by atoms with Crippen molar-refractivity contribution < 1.29 is 9.90 Å². The summed E-state index contributed by atoms with van der Waals surface area (Å²) in [5.41, 5.74) is 1.89. The van der Waals surface area contributed by atoms with Crippen molar-refractivity contribution in [1.82, 2.24) is 0 Å².